The van der Waals surface area contributed by atoms with Gasteiger partial charge in [0.25, 0.3) is 0 Å². The first-order valence-corrected chi connectivity index (χ1v) is 4.53. The summed E-state index contributed by atoms with van der Waals surface area (Å²) in [5, 5.41) is 3.90. The third-order valence-corrected chi connectivity index (χ3v) is 2.39. The first kappa shape index (κ1) is 10.8. The van der Waals surface area contributed by atoms with Gasteiger partial charge in [0.1, 0.15) is 17.9 Å². The molecule has 14 heavy (non-hydrogen) atoms. The number of nitrogens with two attached hydrogens (primary N) is 1. The highest BCUT2D eigenvalue weighted by Gasteiger charge is 2.26. The summed E-state index contributed by atoms with van der Waals surface area (Å²) in [6.07, 6.45) is 1.73. The van der Waals surface area contributed by atoms with Crippen LogP contribution in [0.25, 0.3) is 0 Å². The van der Waals surface area contributed by atoms with Gasteiger partial charge in [0.05, 0.1) is 6.42 Å². The van der Waals surface area contributed by atoms with Crippen LogP contribution in [0.2, 0.25) is 0 Å². The first-order valence-electron chi connectivity index (χ1n) is 4.53. The summed E-state index contributed by atoms with van der Waals surface area (Å²) in [4.78, 5) is 15.7. The second kappa shape index (κ2) is 3.88. The van der Waals surface area contributed by atoms with E-state index in [2.05, 4.69) is 10.1 Å². The standard InChI is InChI=1S/C9H16N4O/c1-9(2,5-10)7(14)4-8-11-6-12-13(8)3/h6H,4-5,10H2,1-3H3. The molecule has 0 spiro atoms. The quantitative estimate of drug-likeness (QED) is 0.730. The third kappa shape index (κ3) is 2.17. The summed E-state index contributed by atoms with van der Waals surface area (Å²) in [6.45, 7) is 4.03. The van der Waals surface area contributed by atoms with Crippen LogP contribution in [0, 0.1) is 5.41 Å². The largest absolute Gasteiger partial charge is 0.329 e. The molecule has 1 heterocycles. The van der Waals surface area contributed by atoms with Crippen molar-refractivity contribution >= 4 is 5.78 Å². The Kier molecular flexibility index (Phi) is 3.00. The molecule has 0 atom stereocenters. The molecule has 5 heteroatoms. The highest BCUT2D eigenvalue weighted by atomic mass is 16.1. The molecule has 1 rings (SSSR count). The van der Waals surface area contributed by atoms with Gasteiger partial charge in [0, 0.05) is 19.0 Å². The molecule has 0 aliphatic rings. The van der Waals surface area contributed by atoms with Crippen molar-refractivity contribution in [2.24, 2.45) is 18.2 Å². The molecule has 78 valence electrons. The average Bonchev–Trinajstić information content (AvgIpc) is 2.52. The number of rotatable bonds is 4. The van der Waals surface area contributed by atoms with E-state index < -0.39 is 5.41 Å². The minimum atomic E-state index is -0.480. The van der Waals surface area contributed by atoms with E-state index in [1.165, 1.54) is 6.33 Å². The average molecular weight is 196 g/mol. The van der Waals surface area contributed by atoms with Crippen LogP contribution in [0.1, 0.15) is 19.7 Å². The van der Waals surface area contributed by atoms with Crippen molar-refractivity contribution in [2.45, 2.75) is 20.3 Å². The minimum Gasteiger partial charge on any atom is -0.329 e. The Morgan fingerprint density at radius 2 is 2.29 bits per heavy atom. The summed E-state index contributed by atoms with van der Waals surface area (Å²) in [5.74, 6) is 0.771. The van der Waals surface area contributed by atoms with Crippen LogP contribution in [0.5, 0.6) is 0 Å². The second-order valence-electron chi connectivity index (χ2n) is 3.99. The van der Waals surface area contributed by atoms with Crippen LogP contribution in [0.15, 0.2) is 6.33 Å². The van der Waals surface area contributed by atoms with Gasteiger partial charge in [-0.25, -0.2) is 4.98 Å². The Hall–Kier alpha value is -1.23. The third-order valence-electron chi connectivity index (χ3n) is 2.39. The van der Waals surface area contributed by atoms with Gasteiger partial charge in [-0.1, -0.05) is 13.8 Å². The van der Waals surface area contributed by atoms with Crippen molar-refractivity contribution in [2.75, 3.05) is 6.54 Å². The van der Waals surface area contributed by atoms with Gasteiger partial charge in [-0.3, -0.25) is 9.48 Å². The van der Waals surface area contributed by atoms with E-state index in [1.807, 2.05) is 13.8 Å². The molecular weight excluding hydrogens is 180 g/mol. The molecule has 5 nitrogen and oxygen atoms in total. The van der Waals surface area contributed by atoms with Gasteiger partial charge in [-0.05, 0) is 0 Å². The molecule has 0 bridgehead atoms. The molecule has 0 radical (unpaired) electrons. The maximum absolute atomic E-state index is 11.8. The summed E-state index contributed by atoms with van der Waals surface area (Å²) >= 11 is 0. The Morgan fingerprint density at radius 3 is 2.71 bits per heavy atom. The fraction of sp³-hybridized carbons (Fsp3) is 0.667. The number of ketones is 1. The SMILES string of the molecule is Cn1ncnc1CC(=O)C(C)(C)CN. The maximum Gasteiger partial charge on any atom is 0.147 e. The lowest BCUT2D eigenvalue weighted by atomic mass is 9.86. The lowest BCUT2D eigenvalue weighted by Crippen LogP contribution is -2.34. The van der Waals surface area contributed by atoms with Crippen LogP contribution in [-0.4, -0.2) is 27.1 Å². The molecule has 0 unspecified atom stereocenters. The summed E-state index contributed by atoms with van der Waals surface area (Å²) < 4.78 is 1.60. The lowest BCUT2D eigenvalue weighted by molar-refractivity contribution is -0.126. The number of aryl methyl sites for hydroxylation is 1. The van der Waals surface area contributed by atoms with Crippen LogP contribution in [0.4, 0.5) is 0 Å². The molecule has 0 fully saturated rings. The van der Waals surface area contributed by atoms with Gasteiger partial charge in [0.15, 0.2) is 0 Å². The van der Waals surface area contributed by atoms with E-state index in [0.29, 0.717) is 18.8 Å². The molecule has 0 aliphatic carbocycles. The number of carbonyl (C=O) groups is 1. The fourth-order valence-corrected chi connectivity index (χ4v) is 0.977. The minimum absolute atomic E-state index is 0.0936. The van der Waals surface area contributed by atoms with Gasteiger partial charge in [-0.2, -0.15) is 5.10 Å². The van der Waals surface area contributed by atoms with E-state index in [9.17, 15) is 4.79 Å². The second-order valence-corrected chi connectivity index (χ2v) is 3.99. The van der Waals surface area contributed by atoms with Crippen molar-refractivity contribution in [1.29, 1.82) is 0 Å². The Balaban J connectivity index is 2.71. The van der Waals surface area contributed by atoms with Crippen molar-refractivity contribution < 1.29 is 4.79 Å². The molecule has 2 N–H and O–H groups in total. The van der Waals surface area contributed by atoms with Crippen molar-refractivity contribution in [3.63, 3.8) is 0 Å². The first-order chi connectivity index (χ1) is 6.47. The van der Waals surface area contributed by atoms with E-state index in [4.69, 9.17) is 5.73 Å². The number of aromatic nitrogens is 3. The Morgan fingerprint density at radius 1 is 1.64 bits per heavy atom. The summed E-state index contributed by atoms with van der Waals surface area (Å²) in [6, 6.07) is 0. The molecule has 0 aliphatic heterocycles. The molecule has 1 aromatic heterocycles. The normalized spacial score (nSPS) is 11.7. The molecule has 0 amide bonds. The topological polar surface area (TPSA) is 73.8 Å². The van der Waals surface area contributed by atoms with Crippen LogP contribution < -0.4 is 5.73 Å². The highest BCUT2D eigenvalue weighted by molar-refractivity contribution is 5.85. The zero-order valence-corrected chi connectivity index (χ0v) is 8.82. The van der Waals surface area contributed by atoms with Gasteiger partial charge >= 0.3 is 0 Å². The van der Waals surface area contributed by atoms with E-state index in [1.54, 1.807) is 11.7 Å². The number of Topliss-reactive ketones (excluding diaryl/α,β-unsaturated/α-hetero) is 1. The van der Waals surface area contributed by atoms with Gasteiger partial charge < -0.3 is 5.73 Å². The number of carbonyl (C=O) groups excluding carboxylic acids is 1. The van der Waals surface area contributed by atoms with E-state index >= 15 is 0 Å². The van der Waals surface area contributed by atoms with Crippen molar-refractivity contribution in [3.05, 3.63) is 12.2 Å². The Labute approximate surface area is 83.3 Å². The van der Waals surface area contributed by atoms with Gasteiger partial charge in [0.2, 0.25) is 0 Å². The zero-order chi connectivity index (χ0) is 10.8. The number of hydrogen-bond acceptors (Lipinski definition) is 4. The summed E-state index contributed by atoms with van der Waals surface area (Å²) in [7, 11) is 1.77. The number of hydrogen-bond donors (Lipinski definition) is 1. The molecule has 0 saturated carbocycles. The van der Waals surface area contributed by atoms with Crippen LogP contribution in [-0.2, 0) is 18.3 Å². The predicted molar refractivity (Wildman–Crippen MR) is 52.5 cm³/mol. The molecule has 0 aromatic carbocycles. The van der Waals surface area contributed by atoms with E-state index in [-0.39, 0.29) is 5.78 Å². The molecule has 0 saturated heterocycles. The molecule has 1 aromatic rings. The van der Waals surface area contributed by atoms with Crippen LogP contribution in [0.3, 0.4) is 0 Å². The van der Waals surface area contributed by atoms with Crippen molar-refractivity contribution in [3.8, 4) is 0 Å². The van der Waals surface area contributed by atoms with Crippen molar-refractivity contribution in [1.82, 2.24) is 14.8 Å². The van der Waals surface area contributed by atoms with E-state index in [0.717, 1.165) is 0 Å². The smallest absolute Gasteiger partial charge is 0.147 e. The molecular formula is C9H16N4O. The lowest BCUT2D eigenvalue weighted by Gasteiger charge is -2.19. The highest BCUT2D eigenvalue weighted by Crippen LogP contribution is 2.16. The Bertz CT molecular complexity index is 329. The monoisotopic (exact) mass is 196 g/mol. The fourth-order valence-electron chi connectivity index (χ4n) is 0.977. The zero-order valence-electron chi connectivity index (χ0n) is 8.82. The van der Waals surface area contributed by atoms with Crippen LogP contribution >= 0.6 is 0 Å². The summed E-state index contributed by atoms with van der Waals surface area (Å²) in [5.41, 5.74) is 5.03. The maximum atomic E-state index is 11.8. The number of nitrogens with zero attached hydrogens (tertiary/aromatic N) is 3. The predicted octanol–water partition coefficient (Wildman–Crippen LogP) is -0.0884. The van der Waals surface area contributed by atoms with Gasteiger partial charge in [-0.15, -0.1) is 0 Å².